The number of aromatic nitrogens is 4. The third-order valence-corrected chi connectivity index (χ3v) is 9.70. The first kappa shape index (κ1) is 36.3. The van der Waals surface area contributed by atoms with Gasteiger partial charge in [-0.3, -0.25) is 4.68 Å². The quantitative estimate of drug-likeness (QED) is 0.143. The summed E-state index contributed by atoms with van der Waals surface area (Å²) in [4.78, 5) is 4.71. The molecule has 0 saturated carbocycles. The number of fused-ring (bicyclic) bond motifs is 3. The van der Waals surface area contributed by atoms with Gasteiger partial charge in [0.15, 0.2) is 0 Å². The number of para-hydroxylation sites is 1. The molecule has 51 heavy (non-hydrogen) atoms. The molecule has 0 amide bonds. The van der Waals surface area contributed by atoms with Gasteiger partial charge < -0.3 is 9.30 Å². The fraction of sp³-hybridized carbons (Fsp3) is 0.289. The Morgan fingerprint density at radius 3 is 2.31 bits per heavy atom. The van der Waals surface area contributed by atoms with Crippen LogP contribution in [0.5, 0.6) is 11.5 Å². The number of nitrogens with zero attached hydrogens (tertiary/aromatic N) is 4. The first-order valence-corrected chi connectivity index (χ1v) is 17.7. The summed E-state index contributed by atoms with van der Waals surface area (Å²) in [6, 6.07) is 34.4. The topological polar surface area (TPSA) is 44.9 Å². The number of pyridine rings is 1. The summed E-state index contributed by atoms with van der Waals surface area (Å²) >= 11 is 0. The standard InChI is InChI=1S/C45H46N4O.Pt/c1-28(2)17-18-33-25-34(45(7,8)9)24-30(4)43(33)44-31(5)47-49(32(44)6)35-13-12-14-36(26-35)50-37-19-20-39-38-15-10-11-16-40(38)48(41(39)27-37)42-23-29(3)21-22-46-42;/h10-16,19-25,28H,17-18H2,1-9H3;/q-2;+2. The number of ether oxygens (including phenoxy) is 1. The molecular formula is C45H46N4OPt. The van der Waals surface area contributed by atoms with Crippen LogP contribution in [-0.2, 0) is 32.9 Å². The molecule has 0 bridgehead atoms. The van der Waals surface area contributed by atoms with E-state index >= 15 is 0 Å². The Bertz CT molecular complexity index is 2370. The second-order valence-corrected chi connectivity index (χ2v) is 15.1. The molecule has 3 aromatic heterocycles. The van der Waals surface area contributed by atoms with Gasteiger partial charge in [0.25, 0.3) is 0 Å². The second kappa shape index (κ2) is 14.3. The number of hydrogen-bond acceptors (Lipinski definition) is 3. The summed E-state index contributed by atoms with van der Waals surface area (Å²) in [6.07, 6.45) is 4.03. The maximum Gasteiger partial charge on any atom is 2.00 e. The normalized spacial score (nSPS) is 11.8. The van der Waals surface area contributed by atoms with Gasteiger partial charge in [-0.1, -0.05) is 70.5 Å². The molecule has 0 aliphatic heterocycles. The number of hydrogen-bond donors (Lipinski definition) is 0. The van der Waals surface area contributed by atoms with Crippen LogP contribution in [0.25, 0.3) is 44.4 Å². The molecule has 7 aromatic rings. The van der Waals surface area contributed by atoms with Crippen LogP contribution in [0.1, 0.15) is 74.7 Å². The van der Waals surface area contributed by atoms with E-state index in [0.717, 1.165) is 63.1 Å². The van der Waals surface area contributed by atoms with Gasteiger partial charge in [-0.15, -0.1) is 35.7 Å². The van der Waals surface area contributed by atoms with Crippen molar-refractivity contribution in [3.63, 3.8) is 0 Å². The minimum Gasteiger partial charge on any atom is -0.509 e. The minimum atomic E-state index is 0. The van der Waals surface area contributed by atoms with Crippen LogP contribution in [0, 0.1) is 45.7 Å². The molecule has 6 heteroatoms. The second-order valence-electron chi connectivity index (χ2n) is 15.1. The molecule has 0 spiro atoms. The van der Waals surface area contributed by atoms with Crippen LogP contribution in [0.4, 0.5) is 0 Å². The molecule has 5 nitrogen and oxygen atoms in total. The Hall–Kier alpha value is -4.47. The fourth-order valence-corrected chi connectivity index (χ4v) is 7.08. The Balaban J connectivity index is 0.00000448. The number of rotatable bonds is 8. The molecule has 0 aliphatic rings. The average molecular weight is 854 g/mol. The van der Waals surface area contributed by atoms with E-state index in [0.29, 0.717) is 17.4 Å². The third-order valence-electron chi connectivity index (χ3n) is 9.70. The third kappa shape index (κ3) is 7.06. The fourth-order valence-electron chi connectivity index (χ4n) is 7.08. The summed E-state index contributed by atoms with van der Waals surface area (Å²) in [5.74, 6) is 2.70. The molecule has 0 atom stereocenters. The van der Waals surface area contributed by atoms with Crippen molar-refractivity contribution in [2.24, 2.45) is 5.92 Å². The van der Waals surface area contributed by atoms with Gasteiger partial charge in [0.05, 0.1) is 5.69 Å². The van der Waals surface area contributed by atoms with Crippen molar-refractivity contribution in [3.05, 3.63) is 131 Å². The van der Waals surface area contributed by atoms with Gasteiger partial charge in [-0.05, 0) is 109 Å². The van der Waals surface area contributed by atoms with Gasteiger partial charge in [-0.2, -0.15) is 17.2 Å². The van der Waals surface area contributed by atoms with Crippen molar-refractivity contribution in [2.75, 3.05) is 0 Å². The summed E-state index contributed by atoms with van der Waals surface area (Å²) in [5, 5.41) is 7.33. The van der Waals surface area contributed by atoms with E-state index in [4.69, 9.17) is 14.8 Å². The maximum absolute atomic E-state index is 6.47. The smallest absolute Gasteiger partial charge is 0.509 e. The van der Waals surface area contributed by atoms with Crippen LogP contribution in [0.3, 0.4) is 0 Å². The predicted molar refractivity (Wildman–Crippen MR) is 206 cm³/mol. The van der Waals surface area contributed by atoms with E-state index in [1.54, 1.807) is 0 Å². The van der Waals surface area contributed by atoms with E-state index in [1.165, 1.54) is 27.8 Å². The van der Waals surface area contributed by atoms with Gasteiger partial charge in [0.1, 0.15) is 5.82 Å². The molecular weight excluding hydrogens is 808 g/mol. The number of aryl methyl sites for hydroxylation is 4. The Kier molecular flexibility index (Phi) is 10.2. The first-order chi connectivity index (χ1) is 23.9. The van der Waals surface area contributed by atoms with E-state index in [2.05, 4.69) is 128 Å². The van der Waals surface area contributed by atoms with Crippen molar-refractivity contribution >= 4 is 21.8 Å². The number of benzene rings is 4. The first-order valence-electron chi connectivity index (χ1n) is 17.7. The summed E-state index contributed by atoms with van der Waals surface area (Å²) in [6.45, 7) is 20.1. The van der Waals surface area contributed by atoms with Crippen molar-refractivity contribution in [1.29, 1.82) is 0 Å². The van der Waals surface area contributed by atoms with Crippen molar-refractivity contribution in [3.8, 4) is 34.1 Å². The molecule has 4 aromatic carbocycles. The van der Waals surface area contributed by atoms with Gasteiger partial charge in [0, 0.05) is 34.5 Å². The maximum atomic E-state index is 6.47. The Labute approximate surface area is 317 Å². The predicted octanol–water partition coefficient (Wildman–Crippen LogP) is 11.5. The molecule has 7 rings (SSSR count). The van der Waals surface area contributed by atoms with E-state index in [9.17, 15) is 0 Å². The van der Waals surface area contributed by atoms with Crippen molar-refractivity contribution in [2.45, 2.75) is 80.6 Å². The van der Waals surface area contributed by atoms with Gasteiger partial charge in [0.2, 0.25) is 0 Å². The van der Waals surface area contributed by atoms with Gasteiger partial charge in [-0.25, -0.2) is 4.98 Å². The van der Waals surface area contributed by atoms with E-state index < -0.39 is 0 Å². The zero-order valence-corrected chi connectivity index (χ0v) is 33.4. The molecule has 0 unspecified atom stereocenters. The largest absolute Gasteiger partial charge is 2.00 e. The SMILES string of the molecule is Cc1ccnc(-n2c3[c-]c(Oc4[c-]c(-n5nc(C)c(-c6c(C)cc(C(C)(C)C)cc6CCC(C)C)c5C)ccc4)ccc3c3ccccc32)c1.[Pt+2]. The van der Waals surface area contributed by atoms with Crippen LogP contribution in [0.15, 0.2) is 85.1 Å². The minimum absolute atomic E-state index is 0. The molecule has 0 radical (unpaired) electrons. The van der Waals surface area contributed by atoms with E-state index in [-0.39, 0.29) is 26.5 Å². The molecule has 0 N–H and O–H groups in total. The average Bonchev–Trinajstić information content (AvgIpc) is 3.55. The van der Waals surface area contributed by atoms with Crippen molar-refractivity contribution < 1.29 is 25.8 Å². The molecule has 0 fully saturated rings. The Morgan fingerprint density at radius 2 is 1.57 bits per heavy atom. The molecule has 3 heterocycles. The van der Waals surface area contributed by atoms with Crippen LogP contribution < -0.4 is 4.74 Å². The van der Waals surface area contributed by atoms with Crippen LogP contribution in [-0.4, -0.2) is 19.3 Å². The Morgan fingerprint density at radius 1 is 0.804 bits per heavy atom. The summed E-state index contributed by atoms with van der Waals surface area (Å²) in [5.41, 5.74) is 12.8. The molecule has 0 saturated heterocycles. The van der Waals surface area contributed by atoms with Crippen LogP contribution in [0.2, 0.25) is 0 Å². The summed E-state index contributed by atoms with van der Waals surface area (Å²) in [7, 11) is 0. The molecule has 0 aliphatic carbocycles. The van der Waals surface area contributed by atoms with Gasteiger partial charge >= 0.3 is 21.1 Å². The molecule has 262 valence electrons. The zero-order valence-electron chi connectivity index (χ0n) is 31.1. The monoisotopic (exact) mass is 853 g/mol. The summed E-state index contributed by atoms with van der Waals surface area (Å²) < 4.78 is 10.6. The van der Waals surface area contributed by atoms with E-state index in [1.807, 2.05) is 41.2 Å². The van der Waals surface area contributed by atoms with Crippen LogP contribution >= 0.6 is 0 Å². The zero-order chi connectivity index (χ0) is 35.3. The van der Waals surface area contributed by atoms with Crippen molar-refractivity contribution in [1.82, 2.24) is 19.3 Å².